The standard InChI is InChI=1S/C19H27N/c1-3-5-16-7-9-18(10-8-16)19(15-20)13-11-17(6-4-2)12-14-19/h7-10,17H,3-6,11-14H2,1-2H3/t17-,19+. The number of nitriles is 1. The van der Waals surface area contributed by atoms with Gasteiger partial charge in [-0.15, -0.1) is 0 Å². The largest absolute Gasteiger partial charge is 0.197 e. The lowest BCUT2D eigenvalue weighted by Gasteiger charge is -2.35. The Morgan fingerprint density at radius 3 is 2.25 bits per heavy atom. The van der Waals surface area contributed by atoms with Crippen molar-refractivity contribution < 1.29 is 0 Å². The van der Waals surface area contributed by atoms with Crippen LogP contribution in [0.5, 0.6) is 0 Å². The first-order valence-electron chi connectivity index (χ1n) is 8.24. The Morgan fingerprint density at radius 1 is 1.10 bits per heavy atom. The molecule has 20 heavy (non-hydrogen) atoms. The lowest BCUT2D eigenvalue weighted by molar-refractivity contribution is 0.265. The highest BCUT2D eigenvalue weighted by Crippen LogP contribution is 2.42. The van der Waals surface area contributed by atoms with Crippen molar-refractivity contribution >= 4 is 0 Å². The van der Waals surface area contributed by atoms with Crippen LogP contribution in [0.25, 0.3) is 0 Å². The average Bonchev–Trinajstić information content (AvgIpc) is 2.50. The van der Waals surface area contributed by atoms with Gasteiger partial charge in [0.05, 0.1) is 11.5 Å². The third kappa shape index (κ3) is 3.23. The van der Waals surface area contributed by atoms with Gasteiger partial charge in [0.2, 0.25) is 0 Å². The van der Waals surface area contributed by atoms with E-state index in [9.17, 15) is 5.26 Å². The van der Waals surface area contributed by atoms with Crippen LogP contribution in [0, 0.1) is 17.2 Å². The number of hydrogen-bond donors (Lipinski definition) is 0. The molecule has 0 aliphatic heterocycles. The number of nitrogens with zero attached hydrogens (tertiary/aromatic N) is 1. The smallest absolute Gasteiger partial charge is 0.0822 e. The van der Waals surface area contributed by atoms with Crippen LogP contribution in [0.1, 0.15) is 69.9 Å². The molecule has 0 radical (unpaired) electrons. The molecule has 0 saturated heterocycles. The van der Waals surface area contributed by atoms with Crippen LogP contribution in [0.3, 0.4) is 0 Å². The summed E-state index contributed by atoms with van der Waals surface area (Å²) in [5.41, 5.74) is 2.42. The van der Waals surface area contributed by atoms with E-state index in [0.29, 0.717) is 0 Å². The van der Waals surface area contributed by atoms with Crippen LogP contribution in [0.4, 0.5) is 0 Å². The number of rotatable bonds is 5. The Bertz CT molecular complexity index is 444. The molecule has 0 spiro atoms. The molecule has 0 N–H and O–H groups in total. The van der Waals surface area contributed by atoms with Gasteiger partial charge >= 0.3 is 0 Å². The van der Waals surface area contributed by atoms with E-state index in [-0.39, 0.29) is 5.41 Å². The predicted molar refractivity (Wildman–Crippen MR) is 84.6 cm³/mol. The van der Waals surface area contributed by atoms with E-state index in [1.807, 2.05) is 0 Å². The highest BCUT2D eigenvalue weighted by atomic mass is 14.4. The Morgan fingerprint density at radius 2 is 1.75 bits per heavy atom. The normalized spacial score (nSPS) is 26.1. The fraction of sp³-hybridized carbons (Fsp3) is 0.632. The maximum Gasteiger partial charge on any atom is 0.0822 e. The fourth-order valence-electron chi connectivity index (χ4n) is 3.61. The molecule has 1 heteroatoms. The fourth-order valence-corrected chi connectivity index (χ4v) is 3.61. The summed E-state index contributed by atoms with van der Waals surface area (Å²) >= 11 is 0. The lowest BCUT2D eigenvalue weighted by Crippen LogP contribution is -2.30. The molecule has 1 aliphatic rings. The van der Waals surface area contributed by atoms with Gasteiger partial charge in [0.25, 0.3) is 0 Å². The first-order chi connectivity index (χ1) is 9.74. The molecule has 1 nitrogen and oxygen atoms in total. The van der Waals surface area contributed by atoms with E-state index in [1.54, 1.807) is 0 Å². The summed E-state index contributed by atoms with van der Waals surface area (Å²) in [5, 5.41) is 9.73. The summed E-state index contributed by atoms with van der Waals surface area (Å²) < 4.78 is 0. The second-order valence-corrected chi connectivity index (χ2v) is 6.37. The number of hydrogen-bond acceptors (Lipinski definition) is 1. The molecule has 1 aliphatic carbocycles. The van der Waals surface area contributed by atoms with Crippen molar-refractivity contribution in [3.8, 4) is 6.07 Å². The summed E-state index contributed by atoms with van der Waals surface area (Å²) in [6.45, 7) is 4.47. The zero-order valence-electron chi connectivity index (χ0n) is 13.0. The highest BCUT2D eigenvalue weighted by Gasteiger charge is 2.36. The molecule has 1 aromatic rings. The Hall–Kier alpha value is -1.29. The van der Waals surface area contributed by atoms with Crippen molar-refractivity contribution in [3.63, 3.8) is 0 Å². The zero-order valence-corrected chi connectivity index (χ0v) is 13.0. The van der Waals surface area contributed by atoms with Crippen LogP contribution >= 0.6 is 0 Å². The second-order valence-electron chi connectivity index (χ2n) is 6.37. The van der Waals surface area contributed by atoms with Gasteiger partial charge in [-0.2, -0.15) is 5.26 Å². The minimum absolute atomic E-state index is 0.213. The Kier molecular flexibility index (Phi) is 5.24. The lowest BCUT2D eigenvalue weighted by atomic mass is 9.67. The van der Waals surface area contributed by atoms with Gasteiger partial charge in [0, 0.05) is 0 Å². The summed E-state index contributed by atoms with van der Waals surface area (Å²) in [5.74, 6) is 0.848. The molecule has 0 amide bonds. The maximum atomic E-state index is 9.73. The van der Waals surface area contributed by atoms with E-state index in [4.69, 9.17) is 0 Å². The third-order valence-electron chi connectivity index (χ3n) is 4.91. The summed E-state index contributed by atoms with van der Waals surface area (Å²) in [4.78, 5) is 0. The molecule has 1 fully saturated rings. The van der Waals surface area contributed by atoms with Crippen LogP contribution in [0.2, 0.25) is 0 Å². The molecule has 2 rings (SSSR count). The highest BCUT2D eigenvalue weighted by molar-refractivity contribution is 5.35. The van der Waals surface area contributed by atoms with E-state index in [2.05, 4.69) is 44.2 Å². The summed E-state index contributed by atoms with van der Waals surface area (Å²) in [6, 6.07) is 11.5. The van der Waals surface area contributed by atoms with E-state index < -0.39 is 0 Å². The summed E-state index contributed by atoms with van der Waals surface area (Å²) in [6.07, 6.45) is 9.45. The molecule has 0 heterocycles. The van der Waals surface area contributed by atoms with Crippen molar-refractivity contribution in [1.29, 1.82) is 5.26 Å². The molecule has 1 saturated carbocycles. The van der Waals surface area contributed by atoms with Gasteiger partial charge in [-0.05, 0) is 49.1 Å². The Labute approximate surface area is 124 Å². The quantitative estimate of drug-likeness (QED) is 0.703. The van der Waals surface area contributed by atoms with Crippen molar-refractivity contribution in [2.45, 2.75) is 70.6 Å². The van der Waals surface area contributed by atoms with Gasteiger partial charge in [0.15, 0.2) is 0 Å². The van der Waals surface area contributed by atoms with E-state index in [1.165, 1.54) is 43.2 Å². The first-order valence-corrected chi connectivity index (χ1v) is 8.24. The maximum absolute atomic E-state index is 9.73. The molecule has 1 aromatic carbocycles. The summed E-state index contributed by atoms with van der Waals surface area (Å²) in [7, 11) is 0. The van der Waals surface area contributed by atoms with Gasteiger partial charge < -0.3 is 0 Å². The van der Waals surface area contributed by atoms with Crippen molar-refractivity contribution in [2.24, 2.45) is 5.92 Å². The minimum Gasteiger partial charge on any atom is -0.197 e. The van der Waals surface area contributed by atoms with E-state index >= 15 is 0 Å². The molecule has 0 aromatic heterocycles. The first kappa shape index (κ1) is 15.1. The monoisotopic (exact) mass is 269 g/mol. The SMILES string of the molecule is CCCc1ccc([C@]2(C#N)CC[C@H](CCC)CC2)cc1. The Balaban J connectivity index is 2.10. The predicted octanol–water partition coefficient (Wildman–Crippen LogP) is 5.39. The zero-order chi connectivity index (χ0) is 14.4. The van der Waals surface area contributed by atoms with Gasteiger partial charge in [-0.3, -0.25) is 0 Å². The van der Waals surface area contributed by atoms with Crippen molar-refractivity contribution in [3.05, 3.63) is 35.4 Å². The van der Waals surface area contributed by atoms with Crippen molar-refractivity contribution in [1.82, 2.24) is 0 Å². The molecule has 0 unspecified atom stereocenters. The topological polar surface area (TPSA) is 23.8 Å². The van der Waals surface area contributed by atoms with Crippen LogP contribution in [0.15, 0.2) is 24.3 Å². The van der Waals surface area contributed by atoms with E-state index in [0.717, 1.165) is 25.2 Å². The van der Waals surface area contributed by atoms with Gasteiger partial charge in [0.1, 0.15) is 0 Å². The van der Waals surface area contributed by atoms with Gasteiger partial charge in [-0.1, -0.05) is 57.4 Å². The molecule has 0 atom stereocenters. The van der Waals surface area contributed by atoms with Gasteiger partial charge in [-0.25, -0.2) is 0 Å². The van der Waals surface area contributed by atoms with Crippen LogP contribution in [-0.2, 0) is 11.8 Å². The molecule has 108 valence electrons. The minimum atomic E-state index is -0.213. The second kappa shape index (κ2) is 6.93. The third-order valence-corrected chi connectivity index (χ3v) is 4.91. The number of benzene rings is 1. The van der Waals surface area contributed by atoms with Crippen LogP contribution in [-0.4, -0.2) is 0 Å². The van der Waals surface area contributed by atoms with Crippen LogP contribution < -0.4 is 0 Å². The molecule has 0 bridgehead atoms. The number of aryl methyl sites for hydroxylation is 1. The average molecular weight is 269 g/mol. The molecular weight excluding hydrogens is 242 g/mol. The molecular formula is C19H27N. The van der Waals surface area contributed by atoms with Crippen molar-refractivity contribution in [2.75, 3.05) is 0 Å².